The van der Waals surface area contributed by atoms with Gasteiger partial charge < -0.3 is 14.8 Å². The molecule has 7 nitrogen and oxygen atoms in total. The van der Waals surface area contributed by atoms with Gasteiger partial charge in [-0.2, -0.15) is 5.10 Å². The van der Waals surface area contributed by atoms with Gasteiger partial charge in [-0.3, -0.25) is 9.48 Å². The topological polar surface area (TPSA) is 78.3 Å². The number of halogens is 1. The Morgan fingerprint density at radius 1 is 1.43 bits per heavy atom. The van der Waals surface area contributed by atoms with E-state index >= 15 is 0 Å². The summed E-state index contributed by atoms with van der Waals surface area (Å²) in [5.41, 5.74) is 0.449. The minimum absolute atomic E-state index is 0.123. The highest BCUT2D eigenvalue weighted by molar-refractivity contribution is 6.32. The summed E-state index contributed by atoms with van der Waals surface area (Å²) >= 11 is 6.04. The minimum atomic E-state index is -0.200. The lowest BCUT2D eigenvalue weighted by Crippen LogP contribution is -2.25. The SMILES string of the molecule is O=C(NCCCn1cncn1)c1cc(Cl)c2c(c1)OCO2. The lowest BCUT2D eigenvalue weighted by atomic mass is 10.2. The summed E-state index contributed by atoms with van der Waals surface area (Å²) in [5, 5.41) is 7.18. The van der Waals surface area contributed by atoms with Crippen molar-refractivity contribution in [1.82, 2.24) is 20.1 Å². The van der Waals surface area contributed by atoms with Gasteiger partial charge in [0.25, 0.3) is 5.91 Å². The zero-order chi connectivity index (χ0) is 14.7. The van der Waals surface area contributed by atoms with E-state index in [0.717, 1.165) is 6.42 Å². The summed E-state index contributed by atoms with van der Waals surface area (Å²) in [6.45, 7) is 1.35. The Morgan fingerprint density at radius 3 is 3.14 bits per heavy atom. The molecule has 0 aliphatic carbocycles. The van der Waals surface area contributed by atoms with Crippen molar-refractivity contribution in [2.45, 2.75) is 13.0 Å². The van der Waals surface area contributed by atoms with E-state index in [9.17, 15) is 4.79 Å². The molecule has 0 unspecified atom stereocenters. The fourth-order valence-electron chi connectivity index (χ4n) is 1.99. The molecule has 1 aromatic carbocycles. The van der Waals surface area contributed by atoms with Crippen molar-refractivity contribution in [3.05, 3.63) is 35.4 Å². The molecule has 2 heterocycles. The lowest BCUT2D eigenvalue weighted by Gasteiger charge is -2.07. The van der Waals surface area contributed by atoms with E-state index in [1.54, 1.807) is 23.1 Å². The molecule has 2 aromatic rings. The van der Waals surface area contributed by atoms with Crippen LogP contribution in [0.2, 0.25) is 5.02 Å². The smallest absolute Gasteiger partial charge is 0.251 e. The van der Waals surface area contributed by atoms with Crippen molar-refractivity contribution in [2.75, 3.05) is 13.3 Å². The van der Waals surface area contributed by atoms with Gasteiger partial charge in [-0.1, -0.05) is 11.6 Å². The molecule has 1 amide bonds. The molecule has 1 aliphatic heterocycles. The summed E-state index contributed by atoms with van der Waals surface area (Å²) in [5.74, 6) is 0.781. The quantitative estimate of drug-likeness (QED) is 0.847. The Morgan fingerprint density at radius 2 is 2.33 bits per heavy atom. The maximum atomic E-state index is 12.1. The van der Waals surface area contributed by atoms with Crippen molar-refractivity contribution >= 4 is 17.5 Å². The second kappa shape index (κ2) is 6.01. The normalized spacial score (nSPS) is 12.4. The first-order valence-corrected chi connectivity index (χ1v) is 6.81. The molecule has 0 bridgehead atoms. The Bertz CT molecular complexity index is 645. The number of aryl methyl sites for hydroxylation is 1. The summed E-state index contributed by atoms with van der Waals surface area (Å²) in [7, 11) is 0. The van der Waals surface area contributed by atoms with Gasteiger partial charge in [-0.15, -0.1) is 0 Å². The van der Waals surface area contributed by atoms with Gasteiger partial charge in [0.15, 0.2) is 11.5 Å². The van der Waals surface area contributed by atoms with Crippen LogP contribution in [0.3, 0.4) is 0 Å². The van der Waals surface area contributed by atoms with Gasteiger partial charge in [-0.25, -0.2) is 4.98 Å². The van der Waals surface area contributed by atoms with Crippen molar-refractivity contribution in [2.24, 2.45) is 0 Å². The Kier molecular flexibility index (Phi) is 3.92. The number of carbonyl (C=O) groups excluding carboxylic acids is 1. The van der Waals surface area contributed by atoms with E-state index in [-0.39, 0.29) is 12.7 Å². The van der Waals surface area contributed by atoms with Gasteiger partial charge in [0, 0.05) is 18.7 Å². The molecule has 0 fully saturated rings. The molecule has 0 spiro atoms. The number of fused-ring (bicyclic) bond motifs is 1. The van der Waals surface area contributed by atoms with Crippen molar-refractivity contribution < 1.29 is 14.3 Å². The number of nitrogens with zero attached hydrogens (tertiary/aromatic N) is 3. The molecule has 1 aliphatic rings. The lowest BCUT2D eigenvalue weighted by molar-refractivity contribution is 0.0952. The molecule has 0 atom stereocenters. The van der Waals surface area contributed by atoms with Crippen LogP contribution < -0.4 is 14.8 Å². The molecular formula is C13H13ClN4O3. The number of rotatable bonds is 5. The van der Waals surface area contributed by atoms with Crippen LogP contribution in [0.5, 0.6) is 11.5 Å². The third-order valence-corrected chi connectivity index (χ3v) is 3.29. The van der Waals surface area contributed by atoms with Crippen molar-refractivity contribution in [3.63, 3.8) is 0 Å². The first kappa shape index (κ1) is 13.7. The second-order valence-corrected chi connectivity index (χ2v) is 4.87. The summed E-state index contributed by atoms with van der Waals surface area (Å²) < 4.78 is 12.2. The Balaban J connectivity index is 1.55. The van der Waals surface area contributed by atoms with Gasteiger partial charge in [0.1, 0.15) is 12.7 Å². The highest BCUT2D eigenvalue weighted by atomic mass is 35.5. The van der Waals surface area contributed by atoms with Crippen LogP contribution in [0.15, 0.2) is 24.8 Å². The number of amides is 1. The molecular weight excluding hydrogens is 296 g/mol. The zero-order valence-corrected chi connectivity index (χ0v) is 11.8. The zero-order valence-electron chi connectivity index (χ0n) is 11.1. The van der Waals surface area contributed by atoms with Crippen LogP contribution in [0, 0.1) is 0 Å². The van der Waals surface area contributed by atoms with Gasteiger partial charge >= 0.3 is 0 Å². The molecule has 8 heteroatoms. The first-order valence-electron chi connectivity index (χ1n) is 6.44. The standard InChI is InChI=1S/C13H13ClN4O3/c14-10-4-9(5-11-12(10)21-8-20-11)13(19)16-2-1-3-18-7-15-6-17-18/h4-7H,1-3,8H2,(H,16,19). The van der Waals surface area contributed by atoms with Crippen molar-refractivity contribution in [3.8, 4) is 11.5 Å². The summed E-state index contributed by atoms with van der Waals surface area (Å²) in [6.07, 6.45) is 3.88. The monoisotopic (exact) mass is 308 g/mol. The molecule has 1 aromatic heterocycles. The predicted octanol–water partition coefficient (Wildman–Crippen LogP) is 1.48. The number of ether oxygens (including phenoxy) is 2. The van der Waals surface area contributed by atoms with Crippen LogP contribution >= 0.6 is 11.6 Å². The molecule has 110 valence electrons. The van der Waals surface area contributed by atoms with E-state index in [4.69, 9.17) is 21.1 Å². The van der Waals surface area contributed by atoms with Gasteiger partial charge in [0.2, 0.25) is 6.79 Å². The maximum Gasteiger partial charge on any atom is 0.251 e. The van der Waals surface area contributed by atoms with Crippen LogP contribution in [-0.2, 0) is 6.54 Å². The Hall–Kier alpha value is -2.28. The molecule has 1 N–H and O–H groups in total. The highest BCUT2D eigenvalue weighted by Crippen LogP contribution is 2.39. The molecule has 21 heavy (non-hydrogen) atoms. The van der Waals surface area contributed by atoms with E-state index in [1.807, 2.05) is 0 Å². The third-order valence-electron chi connectivity index (χ3n) is 3.01. The fraction of sp³-hybridized carbons (Fsp3) is 0.308. The number of aromatic nitrogens is 3. The van der Waals surface area contributed by atoms with Crippen molar-refractivity contribution in [1.29, 1.82) is 0 Å². The number of benzene rings is 1. The Labute approximate surface area is 125 Å². The van der Waals surface area contributed by atoms with Crippen LogP contribution in [0.25, 0.3) is 0 Å². The minimum Gasteiger partial charge on any atom is -0.454 e. The fourth-order valence-corrected chi connectivity index (χ4v) is 2.26. The largest absolute Gasteiger partial charge is 0.454 e. The highest BCUT2D eigenvalue weighted by Gasteiger charge is 2.20. The number of hydrogen-bond donors (Lipinski definition) is 1. The van der Waals surface area contributed by atoms with E-state index < -0.39 is 0 Å². The van der Waals surface area contributed by atoms with E-state index in [1.165, 1.54) is 6.33 Å². The van der Waals surface area contributed by atoms with Crippen LogP contribution in [0.1, 0.15) is 16.8 Å². The molecule has 3 rings (SSSR count). The van der Waals surface area contributed by atoms with Crippen LogP contribution in [-0.4, -0.2) is 34.0 Å². The van der Waals surface area contributed by atoms with Gasteiger partial charge in [-0.05, 0) is 18.6 Å². The number of carbonyl (C=O) groups is 1. The predicted molar refractivity (Wildman–Crippen MR) is 74.5 cm³/mol. The average molecular weight is 309 g/mol. The average Bonchev–Trinajstić information content (AvgIpc) is 3.14. The summed E-state index contributed by atoms with van der Waals surface area (Å²) in [4.78, 5) is 15.9. The summed E-state index contributed by atoms with van der Waals surface area (Å²) in [6, 6.07) is 3.20. The van der Waals surface area contributed by atoms with E-state index in [2.05, 4.69) is 15.4 Å². The van der Waals surface area contributed by atoms with E-state index in [0.29, 0.717) is 35.2 Å². The first-order chi connectivity index (χ1) is 10.2. The molecule has 0 radical (unpaired) electrons. The number of nitrogens with one attached hydrogen (secondary N) is 1. The second-order valence-electron chi connectivity index (χ2n) is 4.46. The maximum absolute atomic E-state index is 12.1. The molecule has 0 saturated carbocycles. The number of hydrogen-bond acceptors (Lipinski definition) is 5. The molecule has 0 saturated heterocycles. The third kappa shape index (κ3) is 3.08. The van der Waals surface area contributed by atoms with Gasteiger partial charge in [0.05, 0.1) is 5.02 Å². The van der Waals surface area contributed by atoms with Crippen LogP contribution in [0.4, 0.5) is 0 Å².